The number of hydrogen-bond acceptors (Lipinski definition) is 2. The van der Waals surface area contributed by atoms with E-state index >= 15 is 0 Å². The van der Waals surface area contributed by atoms with Gasteiger partial charge in [-0.2, -0.15) is 0 Å². The van der Waals surface area contributed by atoms with Gasteiger partial charge in [-0.1, -0.05) is 20.3 Å². The van der Waals surface area contributed by atoms with E-state index in [1.165, 1.54) is 0 Å². The minimum absolute atomic E-state index is 0.141. The summed E-state index contributed by atoms with van der Waals surface area (Å²) >= 11 is 0. The summed E-state index contributed by atoms with van der Waals surface area (Å²) in [6.45, 7) is 10.4. The average Bonchev–Trinajstić information content (AvgIpc) is 2.00. The van der Waals surface area contributed by atoms with Crippen LogP contribution in [0.2, 0.25) is 0 Å². The van der Waals surface area contributed by atoms with Gasteiger partial charge in [-0.3, -0.25) is 4.90 Å². The zero-order chi connectivity index (χ0) is 9.56. The van der Waals surface area contributed by atoms with Crippen LogP contribution in [-0.4, -0.2) is 35.2 Å². The van der Waals surface area contributed by atoms with Gasteiger partial charge in [0.05, 0.1) is 6.10 Å². The van der Waals surface area contributed by atoms with Gasteiger partial charge < -0.3 is 5.11 Å². The zero-order valence-electron chi connectivity index (χ0n) is 8.88. The van der Waals surface area contributed by atoms with Gasteiger partial charge in [-0.05, 0) is 26.8 Å². The molecule has 0 aliphatic heterocycles. The van der Waals surface area contributed by atoms with Crippen LogP contribution in [0.15, 0.2) is 0 Å². The van der Waals surface area contributed by atoms with E-state index in [2.05, 4.69) is 32.6 Å². The third kappa shape index (κ3) is 4.73. The Balaban J connectivity index is 3.69. The summed E-state index contributed by atoms with van der Waals surface area (Å²) in [5.74, 6) is 0. The van der Waals surface area contributed by atoms with Crippen LogP contribution in [0.3, 0.4) is 0 Å². The van der Waals surface area contributed by atoms with Crippen molar-refractivity contribution in [3.8, 4) is 0 Å². The van der Waals surface area contributed by atoms with Gasteiger partial charge in [-0.15, -0.1) is 0 Å². The summed E-state index contributed by atoms with van der Waals surface area (Å²) in [7, 11) is 0. The summed E-state index contributed by atoms with van der Waals surface area (Å²) in [6.07, 6.45) is 1.84. The Morgan fingerprint density at radius 2 is 1.83 bits per heavy atom. The number of hydrogen-bond donors (Lipinski definition) is 1. The molecule has 12 heavy (non-hydrogen) atoms. The topological polar surface area (TPSA) is 23.5 Å². The number of likely N-dealkylation sites (N-methyl/N-ethyl adjacent to an activating group) is 1. The van der Waals surface area contributed by atoms with Gasteiger partial charge in [0, 0.05) is 12.6 Å². The molecule has 0 saturated heterocycles. The molecule has 0 aromatic carbocycles. The molecule has 0 aliphatic rings. The summed E-state index contributed by atoms with van der Waals surface area (Å²) in [5.41, 5.74) is 0. The number of rotatable bonds is 6. The Morgan fingerprint density at radius 3 is 2.17 bits per heavy atom. The fourth-order valence-corrected chi connectivity index (χ4v) is 1.40. The van der Waals surface area contributed by atoms with Crippen LogP contribution < -0.4 is 0 Å². The molecule has 2 heteroatoms. The molecule has 0 radical (unpaired) electrons. The predicted molar refractivity (Wildman–Crippen MR) is 53.3 cm³/mol. The molecule has 0 fully saturated rings. The number of nitrogens with zero attached hydrogens (tertiary/aromatic N) is 1. The summed E-state index contributed by atoms with van der Waals surface area (Å²) in [6, 6.07) is 0.543. The fraction of sp³-hybridized carbons (Fsp3) is 1.00. The van der Waals surface area contributed by atoms with Gasteiger partial charge in [0.15, 0.2) is 0 Å². The molecular formula is C10H23NO. The largest absolute Gasteiger partial charge is 0.392 e. The Kier molecular flexibility index (Phi) is 6.39. The van der Waals surface area contributed by atoms with Crippen molar-refractivity contribution in [2.24, 2.45) is 0 Å². The first kappa shape index (κ1) is 11.9. The van der Waals surface area contributed by atoms with Gasteiger partial charge in [0.25, 0.3) is 0 Å². The van der Waals surface area contributed by atoms with Crippen LogP contribution >= 0.6 is 0 Å². The Bertz CT molecular complexity index is 104. The highest BCUT2D eigenvalue weighted by Gasteiger charge is 2.11. The van der Waals surface area contributed by atoms with Crippen LogP contribution in [0.5, 0.6) is 0 Å². The summed E-state index contributed by atoms with van der Waals surface area (Å²) < 4.78 is 0. The van der Waals surface area contributed by atoms with Crippen molar-refractivity contribution in [1.29, 1.82) is 0 Å². The van der Waals surface area contributed by atoms with E-state index in [4.69, 9.17) is 0 Å². The van der Waals surface area contributed by atoms with E-state index < -0.39 is 0 Å². The lowest BCUT2D eigenvalue weighted by molar-refractivity contribution is 0.0920. The molecule has 0 saturated carbocycles. The monoisotopic (exact) mass is 173 g/mol. The lowest BCUT2D eigenvalue weighted by atomic mass is 10.2. The van der Waals surface area contributed by atoms with Crippen molar-refractivity contribution in [3.63, 3.8) is 0 Å². The molecule has 0 amide bonds. The number of aliphatic hydroxyl groups excluding tert-OH is 1. The van der Waals surface area contributed by atoms with Gasteiger partial charge >= 0.3 is 0 Å². The second-order valence-electron chi connectivity index (χ2n) is 3.62. The minimum Gasteiger partial charge on any atom is -0.392 e. The lowest BCUT2D eigenvalue weighted by Crippen LogP contribution is -2.37. The van der Waals surface area contributed by atoms with Gasteiger partial charge in [-0.25, -0.2) is 0 Å². The van der Waals surface area contributed by atoms with Crippen molar-refractivity contribution in [1.82, 2.24) is 4.90 Å². The third-order valence-corrected chi connectivity index (χ3v) is 2.20. The molecule has 0 aromatic rings. The van der Waals surface area contributed by atoms with Crippen LogP contribution in [0, 0.1) is 0 Å². The molecule has 0 heterocycles. The smallest absolute Gasteiger partial charge is 0.0667 e. The van der Waals surface area contributed by atoms with Crippen LogP contribution in [0.4, 0.5) is 0 Å². The second kappa shape index (κ2) is 6.44. The predicted octanol–water partition coefficient (Wildman–Crippen LogP) is 1.88. The molecule has 0 aromatic heterocycles. The molecule has 0 spiro atoms. The fourth-order valence-electron chi connectivity index (χ4n) is 1.40. The van der Waals surface area contributed by atoms with E-state index in [-0.39, 0.29) is 6.10 Å². The van der Waals surface area contributed by atoms with E-state index in [9.17, 15) is 5.11 Å². The van der Waals surface area contributed by atoms with E-state index in [1.54, 1.807) is 0 Å². The first-order chi connectivity index (χ1) is 5.61. The lowest BCUT2D eigenvalue weighted by Gasteiger charge is -2.27. The maximum absolute atomic E-state index is 9.56. The van der Waals surface area contributed by atoms with Crippen LogP contribution in [0.25, 0.3) is 0 Å². The van der Waals surface area contributed by atoms with Crippen molar-refractivity contribution < 1.29 is 5.11 Å². The second-order valence-corrected chi connectivity index (χ2v) is 3.62. The zero-order valence-corrected chi connectivity index (χ0v) is 8.88. The molecule has 74 valence electrons. The molecule has 1 unspecified atom stereocenters. The highest BCUT2D eigenvalue weighted by atomic mass is 16.3. The highest BCUT2D eigenvalue weighted by Crippen LogP contribution is 2.03. The van der Waals surface area contributed by atoms with E-state index in [0.717, 1.165) is 25.9 Å². The standard InChI is InChI=1S/C10H23NO/c1-5-7-10(12)8-11(6-2)9(3)4/h9-10,12H,5-8H2,1-4H3. The SMILES string of the molecule is CCCC(O)CN(CC)C(C)C. The molecule has 1 N–H and O–H groups in total. The van der Waals surface area contributed by atoms with Crippen LogP contribution in [-0.2, 0) is 0 Å². The Hall–Kier alpha value is -0.0800. The van der Waals surface area contributed by atoms with Crippen molar-refractivity contribution in [2.75, 3.05) is 13.1 Å². The van der Waals surface area contributed by atoms with Crippen molar-refractivity contribution in [3.05, 3.63) is 0 Å². The first-order valence-corrected chi connectivity index (χ1v) is 5.03. The normalized spacial score (nSPS) is 14.2. The molecule has 0 aliphatic carbocycles. The maximum Gasteiger partial charge on any atom is 0.0667 e. The van der Waals surface area contributed by atoms with E-state index in [0.29, 0.717) is 6.04 Å². The molecule has 0 rings (SSSR count). The van der Waals surface area contributed by atoms with E-state index in [1.807, 2.05) is 0 Å². The molecule has 1 atom stereocenters. The quantitative estimate of drug-likeness (QED) is 0.663. The van der Waals surface area contributed by atoms with Crippen LogP contribution in [0.1, 0.15) is 40.5 Å². The Morgan fingerprint density at radius 1 is 1.25 bits per heavy atom. The highest BCUT2D eigenvalue weighted by molar-refractivity contribution is 4.66. The third-order valence-electron chi connectivity index (χ3n) is 2.20. The molecule has 2 nitrogen and oxygen atoms in total. The van der Waals surface area contributed by atoms with Gasteiger partial charge in [0.2, 0.25) is 0 Å². The number of aliphatic hydroxyl groups is 1. The summed E-state index contributed by atoms with van der Waals surface area (Å²) in [4.78, 5) is 2.29. The van der Waals surface area contributed by atoms with Crippen molar-refractivity contribution >= 4 is 0 Å². The maximum atomic E-state index is 9.56. The molecule has 0 bridgehead atoms. The van der Waals surface area contributed by atoms with Gasteiger partial charge in [0.1, 0.15) is 0 Å². The first-order valence-electron chi connectivity index (χ1n) is 5.03. The molecular weight excluding hydrogens is 150 g/mol. The minimum atomic E-state index is -0.141. The average molecular weight is 173 g/mol. The van der Waals surface area contributed by atoms with Crippen molar-refractivity contribution in [2.45, 2.75) is 52.7 Å². The Labute approximate surface area is 76.6 Å². The summed E-state index contributed by atoms with van der Waals surface area (Å²) in [5, 5.41) is 9.56.